The average molecular weight is 350 g/mol. The van der Waals surface area contributed by atoms with Crippen LogP contribution in [0.2, 0.25) is 0 Å². The average Bonchev–Trinajstić information content (AvgIpc) is 2.67. The van der Waals surface area contributed by atoms with E-state index in [2.05, 4.69) is 0 Å². The molecule has 0 aliphatic rings. The number of carbonyl (C=O) groups is 1. The summed E-state index contributed by atoms with van der Waals surface area (Å²) >= 11 is 0. The lowest BCUT2D eigenvalue weighted by atomic mass is 10.1. The predicted molar refractivity (Wildman–Crippen MR) is 97.2 cm³/mol. The van der Waals surface area contributed by atoms with E-state index in [1.807, 2.05) is 30.3 Å². The first-order valence-corrected chi connectivity index (χ1v) is 8.02. The third-order valence-corrected chi connectivity index (χ3v) is 3.73. The smallest absolute Gasteiger partial charge is 0.343 e. The molecular weight excluding hydrogens is 332 g/mol. The van der Waals surface area contributed by atoms with Gasteiger partial charge in [-0.05, 0) is 42.0 Å². The van der Waals surface area contributed by atoms with E-state index >= 15 is 0 Å². The van der Waals surface area contributed by atoms with Gasteiger partial charge in [0.1, 0.15) is 35.2 Å². The molecule has 0 aliphatic heterocycles. The second kappa shape index (κ2) is 8.07. The Morgan fingerprint density at radius 3 is 2.15 bits per heavy atom. The molecule has 0 saturated heterocycles. The van der Waals surface area contributed by atoms with Crippen molar-refractivity contribution in [3.05, 3.63) is 83.9 Å². The van der Waals surface area contributed by atoms with Crippen molar-refractivity contribution in [2.45, 2.75) is 6.61 Å². The highest BCUT2D eigenvalue weighted by atomic mass is 16.5. The van der Waals surface area contributed by atoms with Crippen molar-refractivity contribution >= 4 is 5.97 Å². The van der Waals surface area contributed by atoms with Crippen molar-refractivity contribution in [3.8, 4) is 23.0 Å². The molecule has 0 bridgehead atoms. The largest absolute Gasteiger partial charge is 0.497 e. The van der Waals surface area contributed by atoms with Crippen LogP contribution in [0.15, 0.2) is 72.8 Å². The summed E-state index contributed by atoms with van der Waals surface area (Å²) in [5.41, 5.74) is 0.935. The molecule has 132 valence electrons. The highest BCUT2D eigenvalue weighted by Crippen LogP contribution is 2.33. The lowest BCUT2D eigenvalue weighted by Gasteiger charge is -2.14. The van der Waals surface area contributed by atoms with E-state index < -0.39 is 5.97 Å². The van der Waals surface area contributed by atoms with Gasteiger partial charge in [-0.1, -0.05) is 36.4 Å². The number of benzene rings is 3. The van der Waals surface area contributed by atoms with Gasteiger partial charge < -0.3 is 19.3 Å². The van der Waals surface area contributed by atoms with Crippen LogP contribution in [0, 0.1) is 0 Å². The molecule has 0 aromatic heterocycles. The van der Waals surface area contributed by atoms with Crippen molar-refractivity contribution in [2.75, 3.05) is 7.11 Å². The molecule has 0 heterocycles. The molecule has 0 fully saturated rings. The summed E-state index contributed by atoms with van der Waals surface area (Å²) in [5, 5.41) is 9.62. The summed E-state index contributed by atoms with van der Waals surface area (Å²) < 4.78 is 16.6. The van der Waals surface area contributed by atoms with E-state index in [1.54, 1.807) is 49.6 Å². The minimum Gasteiger partial charge on any atom is -0.497 e. The van der Waals surface area contributed by atoms with Crippen molar-refractivity contribution in [3.63, 3.8) is 0 Å². The molecule has 0 unspecified atom stereocenters. The van der Waals surface area contributed by atoms with Crippen LogP contribution in [-0.4, -0.2) is 18.2 Å². The molecule has 0 atom stereocenters. The van der Waals surface area contributed by atoms with Crippen molar-refractivity contribution in [2.24, 2.45) is 0 Å². The number of carboxylic acid groups (broad SMARTS) is 1. The third-order valence-electron chi connectivity index (χ3n) is 3.73. The quantitative estimate of drug-likeness (QED) is 0.665. The molecule has 3 rings (SSSR count). The zero-order valence-electron chi connectivity index (χ0n) is 14.2. The zero-order chi connectivity index (χ0) is 18.4. The van der Waals surface area contributed by atoms with Crippen LogP contribution in [0.1, 0.15) is 15.9 Å². The number of hydrogen-bond donors (Lipinski definition) is 1. The minimum absolute atomic E-state index is 0.0146. The van der Waals surface area contributed by atoms with Crippen LogP contribution in [0.5, 0.6) is 23.0 Å². The molecule has 3 aromatic rings. The topological polar surface area (TPSA) is 65.0 Å². The van der Waals surface area contributed by atoms with Gasteiger partial charge in [0, 0.05) is 0 Å². The van der Waals surface area contributed by atoms with Crippen LogP contribution in [0.25, 0.3) is 0 Å². The van der Waals surface area contributed by atoms with Crippen LogP contribution in [0.3, 0.4) is 0 Å². The highest BCUT2D eigenvalue weighted by molar-refractivity contribution is 5.94. The van der Waals surface area contributed by atoms with E-state index in [4.69, 9.17) is 14.2 Å². The predicted octanol–water partition coefficient (Wildman–Crippen LogP) is 4.76. The molecule has 26 heavy (non-hydrogen) atoms. The normalized spacial score (nSPS) is 10.2. The first kappa shape index (κ1) is 17.4. The van der Waals surface area contributed by atoms with Crippen molar-refractivity contribution in [1.29, 1.82) is 0 Å². The molecule has 3 aromatic carbocycles. The first-order chi connectivity index (χ1) is 12.7. The van der Waals surface area contributed by atoms with Gasteiger partial charge >= 0.3 is 5.97 Å². The van der Waals surface area contributed by atoms with E-state index in [0.29, 0.717) is 11.5 Å². The monoisotopic (exact) mass is 350 g/mol. The van der Waals surface area contributed by atoms with Crippen LogP contribution in [-0.2, 0) is 6.61 Å². The van der Waals surface area contributed by atoms with E-state index in [9.17, 15) is 9.90 Å². The standard InChI is InChI=1S/C21H18O5/c1-24-16-10-12-17(13-11-16)26-19-9-5-8-18(20(19)21(22)23)25-14-15-6-3-2-4-7-15/h2-13H,14H2,1H3,(H,22,23). The number of hydrogen-bond acceptors (Lipinski definition) is 4. The molecule has 0 aliphatic carbocycles. The fourth-order valence-corrected chi connectivity index (χ4v) is 2.43. The molecule has 0 spiro atoms. The maximum absolute atomic E-state index is 11.8. The third kappa shape index (κ3) is 4.13. The van der Waals surface area contributed by atoms with E-state index in [0.717, 1.165) is 5.56 Å². The second-order valence-electron chi connectivity index (χ2n) is 5.49. The summed E-state index contributed by atoms with van der Waals surface area (Å²) in [7, 11) is 1.58. The summed E-state index contributed by atoms with van der Waals surface area (Å²) in [6.45, 7) is 0.271. The fraction of sp³-hybridized carbons (Fsp3) is 0.0952. The Hall–Kier alpha value is -3.47. The zero-order valence-corrected chi connectivity index (χ0v) is 14.2. The van der Waals surface area contributed by atoms with E-state index in [-0.39, 0.29) is 23.7 Å². The summed E-state index contributed by atoms with van der Waals surface area (Å²) in [4.78, 5) is 11.8. The number of carboxylic acids is 1. The Morgan fingerprint density at radius 2 is 1.50 bits per heavy atom. The van der Waals surface area contributed by atoms with Gasteiger partial charge in [-0.25, -0.2) is 4.79 Å². The van der Waals surface area contributed by atoms with Gasteiger partial charge in [0.2, 0.25) is 0 Å². The summed E-state index contributed by atoms with van der Waals surface area (Å²) in [6.07, 6.45) is 0. The molecule has 0 radical (unpaired) electrons. The number of rotatable bonds is 7. The van der Waals surface area contributed by atoms with Crippen LogP contribution >= 0.6 is 0 Å². The molecule has 5 heteroatoms. The van der Waals surface area contributed by atoms with Crippen molar-refractivity contribution in [1.82, 2.24) is 0 Å². The minimum atomic E-state index is -1.11. The number of aromatic carboxylic acids is 1. The lowest BCUT2D eigenvalue weighted by molar-refractivity contribution is 0.0689. The van der Waals surface area contributed by atoms with Crippen molar-refractivity contribution < 1.29 is 24.1 Å². The van der Waals surface area contributed by atoms with Gasteiger partial charge in [-0.2, -0.15) is 0 Å². The molecule has 0 amide bonds. The summed E-state index contributed by atoms with van der Waals surface area (Å²) in [5.74, 6) is 0.557. The summed E-state index contributed by atoms with van der Waals surface area (Å²) in [6, 6.07) is 21.4. The fourth-order valence-electron chi connectivity index (χ4n) is 2.43. The van der Waals surface area contributed by atoms with Gasteiger partial charge in [-0.15, -0.1) is 0 Å². The molecule has 1 N–H and O–H groups in total. The molecular formula is C21H18O5. The van der Waals surface area contributed by atoms with Gasteiger partial charge in [0.15, 0.2) is 0 Å². The highest BCUT2D eigenvalue weighted by Gasteiger charge is 2.19. The SMILES string of the molecule is COc1ccc(Oc2cccc(OCc3ccccc3)c2C(=O)O)cc1. The molecule has 0 saturated carbocycles. The van der Waals surface area contributed by atoms with Crippen LogP contribution in [0.4, 0.5) is 0 Å². The van der Waals surface area contributed by atoms with Gasteiger partial charge in [-0.3, -0.25) is 0 Å². The Morgan fingerprint density at radius 1 is 0.846 bits per heavy atom. The maximum atomic E-state index is 11.8. The van der Waals surface area contributed by atoms with Crippen LogP contribution < -0.4 is 14.2 Å². The molecule has 5 nitrogen and oxygen atoms in total. The lowest BCUT2D eigenvalue weighted by Crippen LogP contribution is -2.05. The van der Waals surface area contributed by atoms with E-state index in [1.165, 1.54) is 0 Å². The Bertz CT molecular complexity index is 873. The first-order valence-electron chi connectivity index (χ1n) is 8.02. The number of ether oxygens (including phenoxy) is 3. The Balaban J connectivity index is 1.84. The second-order valence-corrected chi connectivity index (χ2v) is 5.49. The Labute approximate surface area is 151 Å². The number of methoxy groups -OCH3 is 1. The van der Waals surface area contributed by atoms with Gasteiger partial charge in [0.05, 0.1) is 7.11 Å². The van der Waals surface area contributed by atoms with Gasteiger partial charge in [0.25, 0.3) is 0 Å². The maximum Gasteiger partial charge on any atom is 0.343 e. The Kier molecular flexibility index (Phi) is 5.39.